The first-order valence-electron chi connectivity index (χ1n) is 22.5. The predicted octanol–water partition coefficient (Wildman–Crippen LogP) is 15.2. The highest BCUT2D eigenvalue weighted by atomic mass is 16.3. The van der Waals surface area contributed by atoms with Crippen molar-refractivity contribution in [2.45, 2.75) is 44.4 Å². The van der Waals surface area contributed by atoms with E-state index in [1.807, 2.05) is 12.1 Å². The van der Waals surface area contributed by atoms with Gasteiger partial charge >= 0.3 is 0 Å². The fourth-order valence-electron chi connectivity index (χ4n) is 12.9. The van der Waals surface area contributed by atoms with Crippen LogP contribution in [0.15, 0.2) is 168 Å². The predicted molar refractivity (Wildman–Crippen MR) is 255 cm³/mol. The van der Waals surface area contributed by atoms with E-state index >= 15 is 0 Å². The van der Waals surface area contributed by atoms with Gasteiger partial charge in [0.15, 0.2) is 0 Å². The summed E-state index contributed by atoms with van der Waals surface area (Å²) >= 11 is 0. The number of fused-ring (bicyclic) bond motifs is 12. The number of para-hydroxylation sites is 2. The topological polar surface area (TPSA) is 43.9 Å². The molecule has 3 aromatic heterocycles. The van der Waals surface area contributed by atoms with Gasteiger partial charge in [-0.2, -0.15) is 0 Å². The largest absolute Gasteiger partial charge is 0.456 e. The van der Waals surface area contributed by atoms with Crippen LogP contribution in [0.3, 0.4) is 0 Å². The zero-order chi connectivity index (χ0) is 40.7. The monoisotopic (exact) mass is 797 g/mol. The van der Waals surface area contributed by atoms with Crippen LogP contribution < -0.4 is 0 Å². The molecule has 2 bridgehead atoms. The first-order valence-corrected chi connectivity index (χ1v) is 22.5. The van der Waals surface area contributed by atoms with Crippen LogP contribution >= 0.6 is 0 Å². The molecule has 8 aromatic carbocycles. The summed E-state index contributed by atoms with van der Waals surface area (Å²) in [6.07, 6.45) is 6.64. The average Bonchev–Trinajstić information content (AvgIpc) is 3.95. The lowest BCUT2D eigenvalue weighted by molar-refractivity contribution is 0.0564. The summed E-state index contributed by atoms with van der Waals surface area (Å²) in [4.78, 5) is 10.8. The van der Waals surface area contributed by atoms with E-state index < -0.39 is 0 Å². The SMILES string of the molecule is CC1CC2CCCC(C1)C21c2ccccc2-c2ccc(-c3ccc4c(c3)c3c5ccccc5ccc3n4-c3nc(-c4ccc5oc6ccccc6c5c4)c4ccccc4n3)cc21. The maximum Gasteiger partial charge on any atom is 0.235 e. The van der Waals surface area contributed by atoms with Gasteiger partial charge in [0, 0.05) is 37.9 Å². The fourth-order valence-corrected chi connectivity index (χ4v) is 12.9. The van der Waals surface area contributed by atoms with Gasteiger partial charge in [-0.15, -0.1) is 0 Å². The van der Waals surface area contributed by atoms with E-state index in [0.717, 1.165) is 61.1 Å². The van der Waals surface area contributed by atoms with Crippen LogP contribution in [0.5, 0.6) is 0 Å². The third kappa shape index (κ3) is 4.67. The summed E-state index contributed by atoms with van der Waals surface area (Å²) in [6, 6.07) is 60.3. The van der Waals surface area contributed by atoms with E-state index in [2.05, 4.69) is 163 Å². The Morgan fingerprint density at radius 3 is 2.11 bits per heavy atom. The molecule has 4 nitrogen and oxygen atoms in total. The summed E-state index contributed by atoms with van der Waals surface area (Å²) in [5.74, 6) is 2.81. The molecule has 1 spiro atoms. The van der Waals surface area contributed by atoms with E-state index in [9.17, 15) is 0 Å². The van der Waals surface area contributed by atoms with Crippen LogP contribution in [0, 0.1) is 17.8 Å². The molecule has 0 aliphatic heterocycles. The fraction of sp³-hybridized carbons (Fsp3) is 0.172. The number of aromatic nitrogens is 3. The molecule has 2 unspecified atom stereocenters. The molecule has 3 heterocycles. The smallest absolute Gasteiger partial charge is 0.235 e. The van der Waals surface area contributed by atoms with Gasteiger partial charge in [0.2, 0.25) is 5.95 Å². The minimum atomic E-state index is 0.101. The molecule has 296 valence electrons. The highest BCUT2D eigenvalue weighted by Gasteiger charge is 2.57. The van der Waals surface area contributed by atoms with Crippen LogP contribution in [-0.4, -0.2) is 14.5 Å². The molecular weight excluding hydrogens is 755 g/mol. The second-order valence-electron chi connectivity index (χ2n) is 18.5. The van der Waals surface area contributed by atoms with Crippen molar-refractivity contribution in [3.8, 4) is 39.5 Å². The third-order valence-electron chi connectivity index (χ3n) is 15.3. The molecule has 2 fully saturated rings. The van der Waals surface area contributed by atoms with Gasteiger partial charge in [-0.3, -0.25) is 4.57 Å². The highest BCUT2D eigenvalue weighted by molar-refractivity contribution is 6.22. The van der Waals surface area contributed by atoms with Gasteiger partial charge in [0.1, 0.15) is 11.2 Å². The lowest BCUT2D eigenvalue weighted by atomic mass is 9.49. The van der Waals surface area contributed by atoms with Gasteiger partial charge < -0.3 is 4.42 Å². The second-order valence-corrected chi connectivity index (χ2v) is 18.5. The van der Waals surface area contributed by atoms with E-state index in [1.54, 1.807) is 11.1 Å². The second kappa shape index (κ2) is 12.7. The third-order valence-corrected chi connectivity index (χ3v) is 15.3. The Kier molecular flexibility index (Phi) is 7.12. The van der Waals surface area contributed by atoms with Gasteiger partial charge in [0.05, 0.1) is 22.2 Å². The van der Waals surface area contributed by atoms with E-state index in [1.165, 1.54) is 75.9 Å². The van der Waals surface area contributed by atoms with Crippen LogP contribution in [-0.2, 0) is 5.41 Å². The first kappa shape index (κ1) is 34.6. The quantitative estimate of drug-likeness (QED) is 0.179. The van der Waals surface area contributed by atoms with Crippen LogP contribution in [0.4, 0.5) is 0 Å². The van der Waals surface area contributed by atoms with Crippen molar-refractivity contribution in [2.24, 2.45) is 17.8 Å². The van der Waals surface area contributed by atoms with Gasteiger partial charge in [-0.25, -0.2) is 9.97 Å². The molecule has 14 rings (SSSR count). The number of hydrogen-bond donors (Lipinski definition) is 0. The summed E-state index contributed by atoms with van der Waals surface area (Å²) in [5.41, 5.74) is 15.5. The Morgan fingerprint density at radius 1 is 0.532 bits per heavy atom. The Bertz CT molecular complexity index is 3670. The van der Waals surface area contributed by atoms with Gasteiger partial charge in [0.25, 0.3) is 0 Å². The molecule has 0 N–H and O–H groups in total. The number of furan rings is 1. The molecule has 3 aliphatic rings. The molecule has 0 radical (unpaired) electrons. The van der Waals surface area contributed by atoms with Gasteiger partial charge in [-0.1, -0.05) is 123 Å². The maximum atomic E-state index is 6.24. The van der Waals surface area contributed by atoms with Crippen molar-refractivity contribution >= 4 is 65.4 Å². The minimum absolute atomic E-state index is 0.101. The van der Waals surface area contributed by atoms with Crippen molar-refractivity contribution in [1.82, 2.24) is 14.5 Å². The van der Waals surface area contributed by atoms with Crippen LogP contribution in [0.25, 0.3) is 105 Å². The molecule has 11 aromatic rings. The lowest BCUT2D eigenvalue weighted by Gasteiger charge is -2.54. The highest BCUT2D eigenvalue weighted by Crippen LogP contribution is 2.65. The summed E-state index contributed by atoms with van der Waals surface area (Å²) in [6.45, 7) is 2.50. The van der Waals surface area contributed by atoms with Crippen molar-refractivity contribution in [1.29, 1.82) is 0 Å². The van der Waals surface area contributed by atoms with Crippen molar-refractivity contribution in [3.05, 3.63) is 175 Å². The standard InChI is InChI=1S/C58H43N3O/c1-34-29-39-12-10-13-40(30-34)58(39)48-18-7-4-15-42(48)43-25-21-37(33-49(43)58)36-23-26-51-47(31-36)55-41-14-3-2-11-35(41)22-27-52(55)61(51)57-59-50-19-8-5-17-45(50)56(60-57)38-24-28-54-46(32-38)44-16-6-9-20-53(44)62-54/h2-9,11,14-28,31-34,39-40H,10,12-13,29-30H2,1H3. The average molecular weight is 798 g/mol. The zero-order valence-electron chi connectivity index (χ0n) is 34.6. The summed E-state index contributed by atoms with van der Waals surface area (Å²) in [7, 11) is 0. The molecule has 2 atom stereocenters. The van der Waals surface area contributed by atoms with Crippen molar-refractivity contribution in [2.75, 3.05) is 0 Å². The van der Waals surface area contributed by atoms with E-state index in [-0.39, 0.29) is 5.41 Å². The molecule has 62 heavy (non-hydrogen) atoms. The zero-order valence-corrected chi connectivity index (χ0v) is 34.6. The van der Waals surface area contributed by atoms with E-state index in [4.69, 9.17) is 14.4 Å². The van der Waals surface area contributed by atoms with Crippen LogP contribution in [0.2, 0.25) is 0 Å². The normalized spacial score (nSPS) is 20.6. The van der Waals surface area contributed by atoms with E-state index in [0.29, 0.717) is 17.8 Å². The minimum Gasteiger partial charge on any atom is -0.456 e. The molecule has 3 aliphatic carbocycles. The van der Waals surface area contributed by atoms with Crippen molar-refractivity contribution < 1.29 is 4.42 Å². The number of benzene rings is 8. The summed E-state index contributed by atoms with van der Waals surface area (Å²) < 4.78 is 8.53. The number of hydrogen-bond acceptors (Lipinski definition) is 3. The van der Waals surface area contributed by atoms with Gasteiger partial charge in [-0.05, 0) is 142 Å². The first-order chi connectivity index (χ1) is 30.6. The molecular formula is C58H43N3O. The number of nitrogens with zero attached hydrogens (tertiary/aromatic N) is 3. The Hall–Kier alpha value is -7.04. The molecule has 2 saturated carbocycles. The number of rotatable bonds is 3. The van der Waals surface area contributed by atoms with Crippen LogP contribution in [0.1, 0.15) is 50.2 Å². The Labute approximate surface area is 359 Å². The maximum absolute atomic E-state index is 6.24. The molecule has 4 heteroatoms. The molecule has 0 amide bonds. The Balaban J connectivity index is 0.990. The summed E-state index contributed by atoms with van der Waals surface area (Å²) in [5, 5.41) is 8.10. The molecule has 0 saturated heterocycles. The van der Waals surface area contributed by atoms with Crippen molar-refractivity contribution in [3.63, 3.8) is 0 Å². The Morgan fingerprint density at radius 2 is 1.21 bits per heavy atom. The lowest BCUT2D eigenvalue weighted by Crippen LogP contribution is -2.49.